The molecule has 0 spiro atoms. The van der Waals surface area contributed by atoms with Crippen LogP contribution in [0.3, 0.4) is 0 Å². The number of hydrogen-bond acceptors (Lipinski definition) is 6. The fourth-order valence-corrected chi connectivity index (χ4v) is 5.05. The summed E-state index contributed by atoms with van der Waals surface area (Å²) in [5.41, 5.74) is 3.60. The predicted molar refractivity (Wildman–Crippen MR) is 116 cm³/mol. The minimum Gasteiger partial charge on any atom is -0.310 e. The second-order valence-electron chi connectivity index (χ2n) is 8.37. The number of thiazole rings is 1. The highest BCUT2D eigenvalue weighted by molar-refractivity contribution is 7.13. The average molecular weight is 426 g/mol. The van der Waals surface area contributed by atoms with Crippen LogP contribution >= 0.6 is 11.3 Å². The highest BCUT2D eigenvalue weighted by atomic mass is 32.1. The van der Waals surface area contributed by atoms with Gasteiger partial charge in [-0.3, -0.25) is 19.7 Å². The standard InChI is InChI=1S/C22H24FN5OS/c23-18-11-28(12-18)10-14-1-3-15(4-2-14)22(29)27-21-6-16-5-17(20-9-24-13-30-20)7-25-19(16)8-26-21/h5-9,13-15,18H,1-4,10-12H2,(H,26,27,29). The molecule has 6 nitrogen and oxygen atoms in total. The van der Waals surface area contributed by atoms with Gasteiger partial charge < -0.3 is 5.32 Å². The van der Waals surface area contributed by atoms with Crippen molar-refractivity contribution < 1.29 is 9.18 Å². The summed E-state index contributed by atoms with van der Waals surface area (Å²) in [5, 5.41) is 3.93. The number of hydrogen-bond donors (Lipinski definition) is 1. The summed E-state index contributed by atoms with van der Waals surface area (Å²) in [7, 11) is 0. The third-order valence-corrected chi connectivity index (χ3v) is 7.00. The van der Waals surface area contributed by atoms with Crippen LogP contribution in [0.5, 0.6) is 0 Å². The summed E-state index contributed by atoms with van der Waals surface area (Å²) in [6.45, 7) is 2.12. The van der Waals surface area contributed by atoms with Gasteiger partial charge in [-0.15, -0.1) is 11.3 Å². The third kappa shape index (κ3) is 4.20. The van der Waals surface area contributed by atoms with Crippen LogP contribution in [0.25, 0.3) is 21.3 Å². The number of halogens is 1. The molecule has 156 valence electrons. The van der Waals surface area contributed by atoms with Crippen LogP contribution in [-0.2, 0) is 4.79 Å². The van der Waals surface area contributed by atoms with E-state index in [2.05, 4.69) is 31.2 Å². The van der Waals surface area contributed by atoms with Gasteiger partial charge in [-0.25, -0.2) is 9.37 Å². The number of aromatic nitrogens is 3. The van der Waals surface area contributed by atoms with E-state index in [-0.39, 0.29) is 11.8 Å². The van der Waals surface area contributed by atoms with E-state index in [0.29, 0.717) is 24.8 Å². The maximum Gasteiger partial charge on any atom is 0.228 e. The Morgan fingerprint density at radius 2 is 1.97 bits per heavy atom. The molecule has 3 aromatic rings. The minimum atomic E-state index is -0.644. The average Bonchev–Trinajstić information content (AvgIpc) is 3.27. The van der Waals surface area contributed by atoms with Gasteiger partial charge in [0.05, 0.1) is 22.1 Å². The monoisotopic (exact) mass is 425 g/mol. The largest absolute Gasteiger partial charge is 0.310 e. The normalized spacial score (nSPS) is 22.7. The van der Waals surface area contributed by atoms with E-state index in [9.17, 15) is 9.18 Å². The summed E-state index contributed by atoms with van der Waals surface area (Å²) in [4.78, 5) is 29.0. The summed E-state index contributed by atoms with van der Waals surface area (Å²) in [6.07, 6.45) is 8.52. The van der Waals surface area contributed by atoms with Crippen LogP contribution in [0, 0.1) is 11.8 Å². The smallest absolute Gasteiger partial charge is 0.228 e. The number of nitrogens with zero attached hydrogens (tertiary/aromatic N) is 4. The van der Waals surface area contributed by atoms with Gasteiger partial charge in [-0.2, -0.15) is 0 Å². The molecule has 1 saturated heterocycles. The first-order valence-electron chi connectivity index (χ1n) is 10.5. The van der Waals surface area contributed by atoms with Crippen molar-refractivity contribution in [3.63, 3.8) is 0 Å². The van der Waals surface area contributed by atoms with E-state index in [1.807, 2.05) is 18.5 Å². The van der Waals surface area contributed by atoms with Crippen LogP contribution in [0.4, 0.5) is 10.2 Å². The van der Waals surface area contributed by atoms with Gasteiger partial charge in [0.15, 0.2) is 0 Å². The minimum absolute atomic E-state index is 0.0192. The van der Waals surface area contributed by atoms with E-state index in [4.69, 9.17) is 0 Å². The second-order valence-corrected chi connectivity index (χ2v) is 9.26. The van der Waals surface area contributed by atoms with E-state index >= 15 is 0 Å². The van der Waals surface area contributed by atoms with E-state index < -0.39 is 6.17 Å². The van der Waals surface area contributed by atoms with Crippen molar-refractivity contribution in [3.05, 3.63) is 36.2 Å². The molecule has 0 atom stereocenters. The van der Waals surface area contributed by atoms with Crippen molar-refractivity contribution in [2.75, 3.05) is 25.0 Å². The number of carbonyl (C=O) groups excluding carboxylic acids is 1. The van der Waals surface area contributed by atoms with Crippen molar-refractivity contribution >= 4 is 34.0 Å². The maximum absolute atomic E-state index is 13.0. The molecule has 0 aromatic carbocycles. The zero-order valence-electron chi connectivity index (χ0n) is 16.6. The molecule has 0 unspecified atom stereocenters. The zero-order valence-corrected chi connectivity index (χ0v) is 17.4. The zero-order chi connectivity index (χ0) is 20.5. The summed E-state index contributed by atoms with van der Waals surface area (Å²) in [5.74, 6) is 1.20. The van der Waals surface area contributed by atoms with Gasteiger partial charge in [0.2, 0.25) is 5.91 Å². The van der Waals surface area contributed by atoms with E-state index in [1.54, 1.807) is 23.0 Å². The van der Waals surface area contributed by atoms with Crippen molar-refractivity contribution in [1.82, 2.24) is 19.9 Å². The molecule has 1 aliphatic carbocycles. The summed E-state index contributed by atoms with van der Waals surface area (Å²) in [6, 6.07) is 3.93. The van der Waals surface area contributed by atoms with Crippen molar-refractivity contribution in [2.24, 2.45) is 11.8 Å². The first-order valence-corrected chi connectivity index (χ1v) is 11.3. The van der Waals surface area contributed by atoms with Crippen LogP contribution in [0.15, 0.2) is 36.2 Å². The number of pyridine rings is 2. The highest BCUT2D eigenvalue weighted by Crippen LogP contribution is 2.32. The molecular formula is C22H24FN5OS. The number of rotatable bonds is 5. The molecule has 0 radical (unpaired) electrons. The molecule has 30 heavy (non-hydrogen) atoms. The quantitative estimate of drug-likeness (QED) is 0.665. The van der Waals surface area contributed by atoms with Gasteiger partial charge in [0.1, 0.15) is 12.0 Å². The molecule has 1 saturated carbocycles. The lowest BCUT2D eigenvalue weighted by atomic mass is 9.81. The van der Waals surface area contributed by atoms with Gasteiger partial charge in [0, 0.05) is 48.9 Å². The topological polar surface area (TPSA) is 71.0 Å². The molecule has 2 aliphatic rings. The fraction of sp³-hybridized carbons (Fsp3) is 0.455. The lowest BCUT2D eigenvalue weighted by molar-refractivity contribution is -0.121. The molecule has 4 heterocycles. The second kappa shape index (κ2) is 8.35. The Hall–Kier alpha value is -2.45. The first kappa shape index (κ1) is 19.5. The number of likely N-dealkylation sites (tertiary alicyclic amines) is 1. The number of anilines is 1. The van der Waals surface area contributed by atoms with Crippen LogP contribution < -0.4 is 5.32 Å². The lowest BCUT2D eigenvalue weighted by Gasteiger charge is -2.38. The number of alkyl halides is 1. The molecule has 3 aromatic heterocycles. The predicted octanol–water partition coefficient (Wildman–Crippen LogP) is 4.15. The first-order chi connectivity index (χ1) is 14.6. The SMILES string of the molecule is O=C(Nc1cc2cc(-c3cncs3)cnc2cn1)C1CCC(CN2CC(F)C2)CC1. The molecule has 8 heteroatoms. The maximum atomic E-state index is 13.0. The Morgan fingerprint density at radius 1 is 1.13 bits per heavy atom. The Balaban J connectivity index is 1.20. The summed E-state index contributed by atoms with van der Waals surface area (Å²) >= 11 is 1.57. The number of fused-ring (bicyclic) bond motifs is 1. The number of amides is 1. The van der Waals surface area contributed by atoms with Gasteiger partial charge in [-0.05, 0) is 43.7 Å². The van der Waals surface area contributed by atoms with Crippen molar-refractivity contribution in [1.29, 1.82) is 0 Å². The van der Waals surface area contributed by atoms with Gasteiger partial charge in [0.25, 0.3) is 0 Å². The van der Waals surface area contributed by atoms with Crippen molar-refractivity contribution in [2.45, 2.75) is 31.9 Å². The Labute approximate surface area is 178 Å². The molecule has 0 bridgehead atoms. The molecule has 1 N–H and O–H groups in total. The Bertz CT molecular complexity index is 1030. The van der Waals surface area contributed by atoms with Crippen LogP contribution in [0.2, 0.25) is 0 Å². The molecule has 1 amide bonds. The highest BCUT2D eigenvalue weighted by Gasteiger charge is 2.31. The van der Waals surface area contributed by atoms with Crippen molar-refractivity contribution in [3.8, 4) is 10.4 Å². The van der Waals surface area contributed by atoms with Gasteiger partial charge >= 0.3 is 0 Å². The third-order valence-electron chi connectivity index (χ3n) is 6.18. The lowest BCUT2D eigenvalue weighted by Crippen LogP contribution is -2.50. The molecule has 5 rings (SSSR count). The Morgan fingerprint density at radius 3 is 2.70 bits per heavy atom. The fourth-order valence-electron chi connectivity index (χ4n) is 4.45. The molecule has 2 fully saturated rings. The van der Waals surface area contributed by atoms with Crippen LogP contribution in [0.1, 0.15) is 25.7 Å². The molecular weight excluding hydrogens is 401 g/mol. The molecule has 1 aliphatic heterocycles. The Kier molecular flexibility index (Phi) is 5.43. The van der Waals surface area contributed by atoms with E-state index in [0.717, 1.165) is 53.6 Å². The number of nitrogens with one attached hydrogen (secondary N) is 1. The van der Waals surface area contributed by atoms with Gasteiger partial charge in [-0.1, -0.05) is 0 Å². The van der Waals surface area contributed by atoms with Crippen LogP contribution in [-0.4, -0.2) is 51.6 Å². The van der Waals surface area contributed by atoms with E-state index in [1.165, 1.54) is 0 Å². The number of carbonyl (C=O) groups is 1. The summed E-state index contributed by atoms with van der Waals surface area (Å²) < 4.78 is 13.0.